The van der Waals surface area contributed by atoms with Crippen LogP contribution in [0.25, 0.3) is 10.9 Å². The number of aromatic amines is 1. The first kappa shape index (κ1) is 21.6. The Kier molecular flexibility index (Phi) is 6.55. The number of aromatic nitrogens is 4. The zero-order valence-electron chi connectivity index (χ0n) is 17.5. The molecule has 0 aliphatic heterocycles. The van der Waals surface area contributed by atoms with E-state index in [-0.39, 0.29) is 18.1 Å². The van der Waals surface area contributed by atoms with Gasteiger partial charge in [0, 0.05) is 23.5 Å². The van der Waals surface area contributed by atoms with Crippen LogP contribution in [0, 0.1) is 6.92 Å². The first-order valence-electron chi connectivity index (χ1n) is 10.1. The summed E-state index contributed by atoms with van der Waals surface area (Å²) in [6, 6.07) is 16.6. The molecular weight excluding hydrogens is 426 g/mol. The third-order valence-electron chi connectivity index (χ3n) is 5.15. The Labute approximate surface area is 189 Å². The second-order valence-electron chi connectivity index (χ2n) is 7.41. The molecule has 164 valence electrons. The molecule has 1 amide bonds. The molecule has 0 saturated heterocycles. The van der Waals surface area contributed by atoms with Gasteiger partial charge in [-0.25, -0.2) is 4.79 Å². The highest BCUT2D eigenvalue weighted by atomic mass is 32.2. The normalized spacial score (nSPS) is 12.0. The van der Waals surface area contributed by atoms with Crippen LogP contribution in [0.1, 0.15) is 17.0 Å². The molecule has 32 heavy (non-hydrogen) atoms. The molecule has 0 saturated carbocycles. The van der Waals surface area contributed by atoms with Crippen LogP contribution < -0.4 is 5.32 Å². The van der Waals surface area contributed by atoms with Crippen LogP contribution >= 0.6 is 11.8 Å². The van der Waals surface area contributed by atoms with Crippen molar-refractivity contribution >= 4 is 34.5 Å². The van der Waals surface area contributed by atoms with Crippen LogP contribution in [0.15, 0.2) is 66.0 Å². The van der Waals surface area contributed by atoms with E-state index in [9.17, 15) is 14.7 Å². The van der Waals surface area contributed by atoms with Crippen molar-refractivity contribution in [3.63, 3.8) is 0 Å². The van der Waals surface area contributed by atoms with E-state index in [0.29, 0.717) is 11.7 Å². The van der Waals surface area contributed by atoms with Crippen molar-refractivity contribution in [1.29, 1.82) is 0 Å². The largest absolute Gasteiger partial charge is 0.480 e. The summed E-state index contributed by atoms with van der Waals surface area (Å²) >= 11 is 1.24. The Morgan fingerprint density at radius 1 is 1.12 bits per heavy atom. The summed E-state index contributed by atoms with van der Waals surface area (Å²) in [4.78, 5) is 27.4. The van der Waals surface area contributed by atoms with Crippen LogP contribution in [-0.4, -0.2) is 48.5 Å². The number of thioether (sulfide) groups is 1. The number of hydrogen-bond acceptors (Lipinski definition) is 5. The molecule has 2 heterocycles. The average molecular weight is 450 g/mol. The van der Waals surface area contributed by atoms with Crippen molar-refractivity contribution in [2.45, 2.75) is 31.1 Å². The highest BCUT2D eigenvalue weighted by Crippen LogP contribution is 2.20. The predicted octanol–water partition coefficient (Wildman–Crippen LogP) is 3.02. The minimum Gasteiger partial charge on any atom is -0.480 e. The van der Waals surface area contributed by atoms with Gasteiger partial charge in [-0.05, 0) is 24.1 Å². The number of nitrogens with zero attached hydrogens (tertiary/aromatic N) is 3. The number of carbonyl (C=O) groups excluding carboxylic acids is 1. The third-order valence-corrected chi connectivity index (χ3v) is 6.12. The van der Waals surface area contributed by atoms with Crippen LogP contribution in [-0.2, 0) is 22.6 Å². The molecule has 0 aliphatic carbocycles. The van der Waals surface area contributed by atoms with Gasteiger partial charge in [-0.3, -0.25) is 4.79 Å². The SMILES string of the molecule is Cc1nnc(SCC(=O)N[C@H](Cc2c[nH]c3ccccc23)C(=O)O)n1Cc1ccccc1. The Morgan fingerprint density at radius 2 is 1.88 bits per heavy atom. The first-order valence-corrected chi connectivity index (χ1v) is 11.1. The molecule has 0 bridgehead atoms. The van der Waals surface area contributed by atoms with Crippen LogP contribution in [0.4, 0.5) is 0 Å². The number of fused-ring (bicyclic) bond motifs is 1. The Balaban J connectivity index is 1.39. The highest BCUT2D eigenvalue weighted by Gasteiger charge is 2.22. The molecule has 0 unspecified atom stereocenters. The maximum absolute atomic E-state index is 12.5. The van der Waals surface area contributed by atoms with E-state index in [0.717, 1.165) is 27.9 Å². The van der Waals surface area contributed by atoms with Gasteiger partial charge in [0.2, 0.25) is 5.91 Å². The summed E-state index contributed by atoms with van der Waals surface area (Å²) in [6.45, 7) is 2.46. The van der Waals surface area contributed by atoms with E-state index >= 15 is 0 Å². The number of aliphatic carboxylic acids is 1. The molecule has 3 N–H and O–H groups in total. The molecule has 0 radical (unpaired) electrons. The molecule has 2 aromatic carbocycles. The predicted molar refractivity (Wildman–Crippen MR) is 123 cm³/mol. The van der Waals surface area contributed by atoms with Gasteiger partial charge in [0.1, 0.15) is 11.9 Å². The molecule has 2 aromatic heterocycles. The number of carbonyl (C=O) groups is 2. The number of rotatable bonds is 9. The quantitative estimate of drug-likeness (QED) is 0.339. The van der Waals surface area contributed by atoms with Gasteiger partial charge < -0.3 is 20.0 Å². The standard InChI is InChI=1S/C23H23N5O3S/c1-15-26-27-23(28(15)13-16-7-3-2-4-8-16)32-14-21(29)25-20(22(30)31)11-17-12-24-19-10-6-5-9-18(17)19/h2-10,12,20,24H,11,13-14H2,1H3,(H,25,29)(H,30,31)/t20-/m1/s1. The number of aryl methyl sites for hydroxylation is 1. The van der Waals surface area contributed by atoms with Gasteiger partial charge in [-0.2, -0.15) is 0 Å². The fourth-order valence-electron chi connectivity index (χ4n) is 3.50. The summed E-state index contributed by atoms with van der Waals surface area (Å²) in [5.41, 5.74) is 2.88. The number of nitrogens with one attached hydrogen (secondary N) is 2. The summed E-state index contributed by atoms with van der Waals surface area (Å²) in [5.74, 6) is -0.643. The lowest BCUT2D eigenvalue weighted by atomic mass is 10.1. The highest BCUT2D eigenvalue weighted by molar-refractivity contribution is 7.99. The number of carboxylic acids is 1. The van der Waals surface area contributed by atoms with Gasteiger partial charge in [-0.1, -0.05) is 60.3 Å². The van der Waals surface area contributed by atoms with Gasteiger partial charge in [-0.15, -0.1) is 10.2 Å². The van der Waals surface area contributed by atoms with Crippen LogP contribution in [0.3, 0.4) is 0 Å². The molecule has 0 fully saturated rings. The maximum Gasteiger partial charge on any atom is 0.326 e. The monoisotopic (exact) mass is 449 g/mol. The van der Waals surface area contributed by atoms with E-state index < -0.39 is 12.0 Å². The van der Waals surface area contributed by atoms with E-state index in [1.165, 1.54) is 11.8 Å². The van der Waals surface area contributed by atoms with Crippen molar-refractivity contribution in [1.82, 2.24) is 25.1 Å². The lowest BCUT2D eigenvalue weighted by Crippen LogP contribution is -2.43. The molecule has 4 rings (SSSR count). The van der Waals surface area contributed by atoms with Crippen molar-refractivity contribution in [3.8, 4) is 0 Å². The van der Waals surface area contributed by atoms with E-state index in [1.807, 2.05) is 66.1 Å². The molecule has 4 aromatic rings. The number of carboxylic acid groups (broad SMARTS) is 1. The van der Waals surface area contributed by atoms with Crippen molar-refractivity contribution in [2.75, 3.05) is 5.75 Å². The smallest absolute Gasteiger partial charge is 0.326 e. The second-order valence-corrected chi connectivity index (χ2v) is 8.35. The minimum absolute atomic E-state index is 0.0462. The van der Waals surface area contributed by atoms with E-state index in [1.54, 1.807) is 6.20 Å². The zero-order valence-corrected chi connectivity index (χ0v) is 18.3. The average Bonchev–Trinajstić information content (AvgIpc) is 3.36. The zero-order chi connectivity index (χ0) is 22.5. The lowest BCUT2D eigenvalue weighted by Gasteiger charge is -2.14. The van der Waals surface area contributed by atoms with Crippen LogP contribution in [0.5, 0.6) is 0 Å². The molecule has 0 aliphatic rings. The fourth-order valence-corrected chi connectivity index (χ4v) is 4.30. The molecular formula is C23H23N5O3S. The Morgan fingerprint density at radius 3 is 2.66 bits per heavy atom. The number of para-hydroxylation sites is 1. The van der Waals surface area contributed by atoms with Gasteiger partial charge in [0.15, 0.2) is 5.16 Å². The van der Waals surface area contributed by atoms with Gasteiger partial charge in [0.05, 0.1) is 12.3 Å². The maximum atomic E-state index is 12.5. The van der Waals surface area contributed by atoms with Gasteiger partial charge >= 0.3 is 5.97 Å². The van der Waals surface area contributed by atoms with Crippen molar-refractivity contribution in [3.05, 3.63) is 77.7 Å². The topological polar surface area (TPSA) is 113 Å². The molecule has 1 atom stereocenters. The minimum atomic E-state index is -1.07. The lowest BCUT2D eigenvalue weighted by molar-refractivity contribution is -0.141. The number of H-pyrrole nitrogens is 1. The van der Waals surface area contributed by atoms with E-state index in [4.69, 9.17) is 0 Å². The Bertz CT molecular complexity index is 1230. The summed E-state index contributed by atoms with van der Waals surface area (Å²) < 4.78 is 1.94. The van der Waals surface area contributed by atoms with E-state index in [2.05, 4.69) is 20.5 Å². The molecule has 8 nitrogen and oxygen atoms in total. The fraction of sp³-hybridized carbons (Fsp3) is 0.217. The molecule has 0 spiro atoms. The van der Waals surface area contributed by atoms with Gasteiger partial charge in [0.25, 0.3) is 0 Å². The third kappa shape index (κ3) is 5.00. The summed E-state index contributed by atoms with van der Waals surface area (Å²) in [6.07, 6.45) is 1.98. The first-order chi connectivity index (χ1) is 15.5. The van der Waals surface area contributed by atoms with Crippen LogP contribution in [0.2, 0.25) is 0 Å². The summed E-state index contributed by atoms with van der Waals surface area (Å²) in [7, 11) is 0. The number of benzene rings is 2. The molecule has 9 heteroatoms. The Hall–Kier alpha value is -3.59. The second kappa shape index (κ2) is 9.69. The van der Waals surface area contributed by atoms with Crippen molar-refractivity contribution < 1.29 is 14.7 Å². The number of amides is 1. The summed E-state index contributed by atoms with van der Waals surface area (Å²) in [5, 5.41) is 22.1. The van der Waals surface area contributed by atoms with Crippen molar-refractivity contribution in [2.24, 2.45) is 0 Å². The number of hydrogen-bond donors (Lipinski definition) is 3.